The van der Waals surface area contributed by atoms with Crippen LogP contribution in [0.5, 0.6) is 0 Å². The lowest BCUT2D eigenvalue weighted by Gasteiger charge is -2.44. The molecule has 1 fully saturated rings. The van der Waals surface area contributed by atoms with Gasteiger partial charge in [0.15, 0.2) is 0 Å². The van der Waals surface area contributed by atoms with Crippen molar-refractivity contribution in [3.63, 3.8) is 0 Å². The van der Waals surface area contributed by atoms with E-state index < -0.39 is 6.61 Å². The van der Waals surface area contributed by atoms with Gasteiger partial charge in [0.2, 0.25) is 5.91 Å². The van der Waals surface area contributed by atoms with Crippen LogP contribution >= 0.6 is 0 Å². The molecule has 1 N–H and O–H groups in total. The third-order valence-corrected chi connectivity index (χ3v) is 4.82. The number of carbonyl (C=O) groups is 1. The molecule has 1 heterocycles. The van der Waals surface area contributed by atoms with Gasteiger partial charge in [0.1, 0.15) is 12.4 Å². The van der Waals surface area contributed by atoms with Crippen molar-refractivity contribution in [2.75, 3.05) is 19.7 Å². The molecule has 3 rings (SSSR count). The lowest BCUT2D eigenvalue weighted by molar-refractivity contribution is -0.138. The highest BCUT2D eigenvalue weighted by Crippen LogP contribution is 2.22. The molecule has 2 unspecified atom stereocenters. The Labute approximate surface area is 141 Å². The van der Waals surface area contributed by atoms with Gasteiger partial charge in [-0.3, -0.25) is 9.69 Å². The van der Waals surface area contributed by atoms with Crippen LogP contribution in [-0.2, 0) is 11.3 Å². The van der Waals surface area contributed by atoms with Crippen molar-refractivity contribution >= 4 is 16.7 Å². The minimum absolute atomic E-state index is 0.207. The summed E-state index contributed by atoms with van der Waals surface area (Å²) in [5, 5.41) is 11.0. The smallest absolute Gasteiger partial charge is 0.248 e. The quantitative estimate of drug-likeness (QED) is 0.940. The van der Waals surface area contributed by atoms with Gasteiger partial charge in [-0.15, -0.1) is 0 Å². The highest BCUT2D eigenvalue weighted by molar-refractivity contribution is 5.83. The largest absolute Gasteiger partial charge is 0.387 e. The highest BCUT2D eigenvalue weighted by atomic mass is 19.1. The fourth-order valence-corrected chi connectivity index (χ4v) is 3.55. The van der Waals surface area contributed by atoms with Gasteiger partial charge in [-0.1, -0.05) is 18.2 Å². The van der Waals surface area contributed by atoms with Crippen molar-refractivity contribution in [1.29, 1.82) is 0 Å². The second-order valence-corrected chi connectivity index (χ2v) is 6.65. The van der Waals surface area contributed by atoms with Crippen LogP contribution in [0.15, 0.2) is 36.4 Å². The number of carbonyl (C=O) groups excluding carboxylic acids is 1. The summed E-state index contributed by atoms with van der Waals surface area (Å²) in [5.41, 5.74) is 1.18. The monoisotopic (exact) mass is 330 g/mol. The van der Waals surface area contributed by atoms with Crippen LogP contribution in [0.4, 0.5) is 4.39 Å². The number of benzene rings is 2. The molecule has 2 aromatic carbocycles. The Hall–Kier alpha value is -1.98. The zero-order chi connectivity index (χ0) is 17.3. The van der Waals surface area contributed by atoms with E-state index in [1.165, 1.54) is 11.6 Å². The summed E-state index contributed by atoms with van der Waals surface area (Å²) in [6.07, 6.45) is 0. The van der Waals surface area contributed by atoms with Crippen LogP contribution in [0, 0.1) is 5.82 Å². The Kier molecular flexibility index (Phi) is 4.83. The molecule has 0 bridgehead atoms. The summed E-state index contributed by atoms with van der Waals surface area (Å²) in [6.45, 7) is 5.82. The lowest BCUT2D eigenvalue weighted by Crippen LogP contribution is -2.58. The molecule has 0 spiro atoms. The van der Waals surface area contributed by atoms with E-state index in [-0.39, 0.29) is 23.8 Å². The molecular weight excluding hydrogens is 307 g/mol. The molecule has 0 radical (unpaired) electrons. The van der Waals surface area contributed by atoms with E-state index in [0.717, 1.165) is 17.3 Å². The third kappa shape index (κ3) is 3.42. The van der Waals surface area contributed by atoms with E-state index in [4.69, 9.17) is 5.11 Å². The van der Waals surface area contributed by atoms with E-state index in [2.05, 4.69) is 24.8 Å². The molecule has 0 saturated carbocycles. The second kappa shape index (κ2) is 6.87. The fraction of sp³-hybridized carbons (Fsp3) is 0.421. The van der Waals surface area contributed by atoms with Gasteiger partial charge in [-0.25, -0.2) is 4.39 Å². The molecule has 1 saturated heterocycles. The van der Waals surface area contributed by atoms with E-state index in [1.54, 1.807) is 17.0 Å². The van der Waals surface area contributed by atoms with Crippen molar-refractivity contribution < 1.29 is 14.3 Å². The first-order valence-electron chi connectivity index (χ1n) is 8.30. The Morgan fingerprint density at radius 1 is 1.12 bits per heavy atom. The van der Waals surface area contributed by atoms with Crippen LogP contribution in [0.3, 0.4) is 0 Å². The fourth-order valence-electron chi connectivity index (χ4n) is 3.55. The number of fused-ring (bicyclic) bond motifs is 1. The molecule has 2 atom stereocenters. The Balaban J connectivity index is 1.76. The minimum atomic E-state index is -0.430. The number of rotatable bonds is 3. The van der Waals surface area contributed by atoms with Gasteiger partial charge in [0.05, 0.1) is 0 Å². The molecule has 1 aliphatic heterocycles. The zero-order valence-electron chi connectivity index (χ0n) is 14.1. The molecule has 0 aliphatic carbocycles. The topological polar surface area (TPSA) is 43.8 Å². The number of aliphatic hydroxyl groups excluding tert-OH is 1. The van der Waals surface area contributed by atoms with E-state index in [9.17, 15) is 9.18 Å². The van der Waals surface area contributed by atoms with Crippen molar-refractivity contribution in [3.05, 3.63) is 47.8 Å². The average molecular weight is 330 g/mol. The normalized spacial score (nSPS) is 22.1. The number of amides is 1. The van der Waals surface area contributed by atoms with Gasteiger partial charge in [-0.05, 0) is 48.4 Å². The maximum Gasteiger partial charge on any atom is 0.248 e. The number of nitrogens with zero attached hydrogens (tertiary/aromatic N) is 2. The maximum absolute atomic E-state index is 13.3. The Bertz CT molecular complexity index is 737. The number of aliphatic hydroxyl groups is 1. The van der Waals surface area contributed by atoms with Crippen molar-refractivity contribution in [1.82, 2.24) is 9.80 Å². The summed E-state index contributed by atoms with van der Waals surface area (Å²) in [4.78, 5) is 15.8. The van der Waals surface area contributed by atoms with Crippen molar-refractivity contribution in [3.8, 4) is 0 Å². The van der Waals surface area contributed by atoms with E-state index in [1.807, 2.05) is 12.1 Å². The van der Waals surface area contributed by atoms with Crippen LogP contribution in [0.1, 0.15) is 19.4 Å². The van der Waals surface area contributed by atoms with Gasteiger partial charge in [0, 0.05) is 31.7 Å². The van der Waals surface area contributed by atoms with Crippen LogP contribution in [0.25, 0.3) is 10.8 Å². The molecule has 4 nitrogen and oxygen atoms in total. The Morgan fingerprint density at radius 3 is 2.42 bits per heavy atom. The van der Waals surface area contributed by atoms with Gasteiger partial charge in [0.25, 0.3) is 0 Å². The van der Waals surface area contributed by atoms with Gasteiger partial charge >= 0.3 is 0 Å². The number of halogens is 1. The zero-order valence-corrected chi connectivity index (χ0v) is 14.1. The first-order chi connectivity index (χ1) is 11.5. The SMILES string of the molecule is CC1CN(C(=O)CO)CC(C)N1Cc1ccc2cc(F)ccc2c1. The minimum Gasteiger partial charge on any atom is -0.387 e. The summed E-state index contributed by atoms with van der Waals surface area (Å²) in [6, 6.07) is 11.3. The van der Waals surface area contributed by atoms with Crippen LogP contribution in [0.2, 0.25) is 0 Å². The molecule has 128 valence electrons. The first kappa shape index (κ1) is 16.9. The molecule has 1 amide bonds. The van der Waals surface area contributed by atoms with Gasteiger partial charge < -0.3 is 10.0 Å². The predicted molar refractivity (Wildman–Crippen MR) is 92.0 cm³/mol. The molecular formula is C19H23FN2O2. The van der Waals surface area contributed by atoms with E-state index in [0.29, 0.717) is 13.1 Å². The highest BCUT2D eigenvalue weighted by Gasteiger charge is 2.31. The molecule has 24 heavy (non-hydrogen) atoms. The molecule has 0 aromatic heterocycles. The summed E-state index contributed by atoms with van der Waals surface area (Å²) >= 11 is 0. The summed E-state index contributed by atoms with van der Waals surface area (Å²) in [5.74, 6) is -0.428. The van der Waals surface area contributed by atoms with Crippen LogP contribution < -0.4 is 0 Å². The molecule has 5 heteroatoms. The van der Waals surface area contributed by atoms with Gasteiger partial charge in [-0.2, -0.15) is 0 Å². The molecule has 1 aliphatic rings. The third-order valence-electron chi connectivity index (χ3n) is 4.82. The number of piperazine rings is 1. The standard InChI is InChI=1S/C19H23FN2O2/c1-13-9-21(19(24)12-23)10-14(2)22(13)11-15-3-4-17-8-18(20)6-5-16(17)7-15/h3-8,13-14,23H,9-12H2,1-2H3. The lowest BCUT2D eigenvalue weighted by atomic mass is 10.0. The van der Waals surface area contributed by atoms with E-state index >= 15 is 0 Å². The summed E-state index contributed by atoms with van der Waals surface area (Å²) in [7, 11) is 0. The predicted octanol–water partition coefficient (Wildman–Crippen LogP) is 2.39. The second-order valence-electron chi connectivity index (χ2n) is 6.65. The van der Waals surface area contributed by atoms with Crippen molar-refractivity contribution in [2.24, 2.45) is 0 Å². The molecule has 2 aromatic rings. The number of hydrogen-bond acceptors (Lipinski definition) is 3. The number of hydrogen-bond donors (Lipinski definition) is 1. The first-order valence-corrected chi connectivity index (χ1v) is 8.30. The van der Waals surface area contributed by atoms with Crippen LogP contribution in [-0.4, -0.2) is 52.6 Å². The van der Waals surface area contributed by atoms with Crippen molar-refractivity contribution in [2.45, 2.75) is 32.5 Å². The average Bonchev–Trinajstić information content (AvgIpc) is 2.57. The Morgan fingerprint density at radius 2 is 1.75 bits per heavy atom. The maximum atomic E-state index is 13.3. The summed E-state index contributed by atoms with van der Waals surface area (Å²) < 4.78 is 13.3.